The molecule has 0 amide bonds. The molecule has 0 bridgehead atoms. The summed E-state index contributed by atoms with van der Waals surface area (Å²) >= 11 is 5.00. The van der Waals surface area contributed by atoms with Gasteiger partial charge in [-0.05, 0) is 28.8 Å². The summed E-state index contributed by atoms with van der Waals surface area (Å²) in [5, 5.41) is 37.1. The molecule has 9 heteroatoms. The zero-order valence-corrected chi connectivity index (χ0v) is 20.5. The highest BCUT2D eigenvalue weighted by Crippen LogP contribution is 2.63. The van der Waals surface area contributed by atoms with Crippen molar-refractivity contribution in [3.8, 4) is 34.0 Å². The number of nitrogens with zero attached hydrogens (tertiary/aromatic N) is 6. The van der Waals surface area contributed by atoms with Crippen LogP contribution in [0.3, 0.4) is 0 Å². The number of allylic oxidation sites excluding steroid dienone is 1. The molecule has 6 nitrogen and oxygen atoms in total. The molecular weight excluding hydrogens is 469 g/mol. The Kier molecular flexibility index (Phi) is 4.47. The van der Waals surface area contributed by atoms with Gasteiger partial charge in [0.25, 0.3) is 0 Å². The third kappa shape index (κ3) is 2.78. The second kappa shape index (κ2) is 6.95. The molecule has 0 saturated heterocycles. The van der Waals surface area contributed by atoms with Crippen LogP contribution in [0.15, 0.2) is 21.7 Å². The minimum Gasteiger partial charge on any atom is -0.231 e. The fraction of sp³-hybridized carbons (Fsp3) is 0.250. The quantitative estimate of drug-likeness (QED) is 0.383. The van der Waals surface area contributed by atoms with Gasteiger partial charge in [0.05, 0.1) is 24.9 Å². The van der Waals surface area contributed by atoms with E-state index in [1.807, 2.05) is 36.4 Å². The summed E-state index contributed by atoms with van der Waals surface area (Å²) in [5.74, 6) is 0. The average molecular weight is 483 g/mol. The smallest absolute Gasteiger partial charge is 0.219 e. The predicted molar refractivity (Wildman–Crippen MR) is 133 cm³/mol. The van der Waals surface area contributed by atoms with Crippen molar-refractivity contribution < 1.29 is 0 Å². The van der Waals surface area contributed by atoms with Crippen molar-refractivity contribution in [2.45, 2.75) is 38.5 Å². The fourth-order valence-electron chi connectivity index (χ4n) is 4.56. The summed E-state index contributed by atoms with van der Waals surface area (Å²) in [4.78, 5) is 12.0. The first kappa shape index (κ1) is 21.3. The van der Waals surface area contributed by atoms with Crippen LogP contribution >= 0.6 is 34.0 Å². The van der Waals surface area contributed by atoms with Gasteiger partial charge in [0.1, 0.15) is 29.3 Å². The molecule has 0 fully saturated rings. The molecule has 0 spiro atoms. The molecule has 0 saturated carbocycles. The number of aliphatic imine (C=N–C) groups is 2. The molecule has 0 N–H and O–H groups in total. The van der Waals surface area contributed by atoms with Gasteiger partial charge in [-0.15, -0.1) is 34.0 Å². The minimum atomic E-state index is -0.419. The molecule has 0 atom stereocenters. The van der Waals surface area contributed by atoms with Gasteiger partial charge in [0.15, 0.2) is 0 Å². The largest absolute Gasteiger partial charge is 0.231 e. The van der Waals surface area contributed by atoms with Crippen molar-refractivity contribution in [2.75, 3.05) is 0 Å². The standard InChI is InChI=1S/C24H14N6S3/c1-23(2)13-5-16(30-12(9-27)10-28)32-19(13)21-18(23)22-20(33-21)17-14(31-22)6-15(24(17,3)4)29-11(7-25)8-26/h5-6H,1-4H3. The van der Waals surface area contributed by atoms with Gasteiger partial charge >= 0.3 is 0 Å². The van der Waals surface area contributed by atoms with Crippen LogP contribution in [0.5, 0.6) is 0 Å². The van der Waals surface area contributed by atoms with Crippen LogP contribution in [0.4, 0.5) is 5.00 Å². The number of hydrogen-bond acceptors (Lipinski definition) is 9. The molecule has 3 aromatic rings. The molecule has 5 rings (SSSR count). The van der Waals surface area contributed by atoms with Crippen molar-refractivity contribution in [2.24, 2.45) is 9.98 Å². The van der Waals surface area contributed by atoms with Crippen molar-refractivity contribution >= 4 is 65.9 Å². The first-order chi connectivity index (χ1) is 15.7. The Balaban J connectivity index is 1.69. The van der Waals surface area contributed by atoms with E-state index < -0.39 is 5.41 Å². The first-order valence-electron chi connectivity index (χ1n) is 9.92. The van der Waals surface area contributed by atoms with Gasteiger partial charge in [0.2, 0.25) is 11.4 Å². The summed E-state index contributed by atoms with van der Waals surface area (Å²) in [6.45, 7) is 8.56. The SMILES string of the molecule is CC1(C)C(N=C(C#N)C#N)=Cc2sc3c4c(sc3c21)-c1sc(N=C(C#N)C#N)cc1C4(C)C. The highest BCUT2D eigenvalue weighted by Gasteiger charge is 2.45. The van der Waals surface area contributed by atoms with Crippen LogP contribution in [-0.4, -0.2) is 11.4 Å². The molecule has 3 aromatic heterocycles. The molecule has 0 aromatic carbocycles. The molecule has 0 aliphatic heterocycles. The zero-order valence-electron chi connectivity index (χ0n) is 18.1. The maximum atomic E-state index is 9.14. The van der Waals surface area contributed by atoms with Gasteiger partial charge in [0, 0.05) is 15.7 Å². The number of hydrogen-bond donors (Lipinski definition) is 0. The lowest BCUT2D eigenvalue weighted by Gasteiger charge is -2.21. The molecule has 3 heterocycles. The minimum absolute atomic E-state index is 0.138. The number of nitriles is 4. The molecular formula is C24H14N6S3. The lowest BCUT2D eigenvalue weighted by Crippen LogP contribution is -2.16. The third-order valence-corrected chi connectivity index (χ3v) is 9.87. The van der Waals surface area contributed by atoms with Crippen molar-refractivity contribution in [3.63, 3.8) is 0 Å². The number of thiophene rings is 3. The van der Waals surface area contributed by atoms with Crippen molar-refractivity contribution in [1.29, 1.82) is 21.0 Å². The summed E-state index contributed by atoms with van der Waals surface area (Å²) in [6, 6.07) is 9.36. The van der Waals surface area contributed by atoms with E-state index in [0.29, 0.717) is 5.00 Å². The predicted octanol–water partition coefficient (Wildman–Crippen LogP) is 6.57. The van der Waals surface area contributed by atoms with Crippen molar-refractivity contribution in [3.05, 3.63) is 33.3 Å². The van der Waals surface area contributed by atoms with E-state index in [4.69, 9.17) is 21.0 Å². The van der Waals surface area contributed by atoms with E-state index in [1.54, 1.807) is 22.7 Å². The Bertz CT molecular complexity index is 1620. The average Bonchev–Trinajstić information content (AvgIpc) is 3.51. The molecule has 33 heavy (non-hydrogen) atoms. The van der Waals surface area contributed by atoms with Crippen LogP contribution in [0.2, 0.25) is 0 Å². The van der Waals surface area contributed by atoms with Crippen LogP contribution in [-0.2, 0) is 10.8 Å². The van der Waals surface area contributed by atoms with Gasteiger partial charge in [-0.2, -0.15) is 21.0 Å². The van der Waals surface area contributed by atoms with Crippen LogP contribution in [0.25, 0.3) is 25.2 Å². The Morgan fingerprint density at radius 1 is 0.758 bits per heavy atom. The Hall–Kier alpha value is -3.60. The molecule has 2 aliphatic carbocycles. The van der Waals surface area contributed by atoms with Gasteiger partial charge < -0.3 is 0 Å². The number of rotatable bonds is 2. The van der Waals surface area contributed by atoms with Crippen LogP contribution in [0.1, 0.15) is 49.3 Å². The lowest BCUT2D eigenvalue weighted by molar-refractivity contribution is 0.640. The second-order valence-corrected chi connectivity index (χ2v) is 11.9. The molecule has 158 valence electrons. The summed E-state index contributed by atoms with van der Waals surface area (Å²) < 4.78 is 2.48. The van der Waals surface area contributed by atoms with Crippen LogP contribution < -0.4 is 0 Å². The highest BCUT2D eigenvalue weighted by atomic mass is 32.1. The molecule has 0 radical (unpaired) electrons. The van der Waals surface area contributed by atoms with E-state index in [-0.39, 0.29) is 16.8 Å². The molecule has 0 unspecified atom stereocenters. The van der Waals surface area contributed by atoms with Gasteiger partial charge in [-0.3, -0.25) is 0 Å². The maximum Gasteiger partial charge on any atom is 0.219 e. The third-order valence-electron chi connectivity index (χ3n) is 6.18. The van der Waals surface area contributed by atoms with Crippen molar-refractivity contribution in [1.82, 2.24) is 0 Å². The fourth-order valence-corrected chi connectivity index (χ4v) is 9.36. The van der Waals surface area contributed by atoms with E-state index in [0.717, 1.165) is 15.5 Å². The van der Waals surface area contributed by atoms with E-state index in [1.165, 1.54) is 42.3 Å². The Morgan fingerprint density at radius 2 is 1.36 bits per heavy atom. The topological polar surface area (TPSA) is 120 Å². The van der Waals surface area contributed by atoms with E-state index >= 15 is 0 Å². The highest BCUT2D eigenvalue weighted by molar-refractivity contribution is 7.32. The normalized spacial score (nSPS) is 15.8. The monoisotopic (exact) mass is 482 g/mol. The van der Waals surface area contributed by atoms with Gasteiger partial charge in [-0.25, -0.2) is 9.98 Å². The maximum absolute atomic E-state index is 9.14. The summed E-state index contributed by atoms with van der Waals surface area (Å²) in [6.07, 6.45) is 2.00. The zero-order chi connectivity index (χ0) is 23.7. The Labute approximate surface area is 202 Å². The Morgan fingerprint density at radius 3 is 2.00 bits per heavy atom. The van der Waals surface area contributed by atoms with E-state index in [2.05, 4.69) is 37.7 Å². The van der Waals surface area contributed by atoms with Gasteiger partial charge in [-0.1, -0.05) is 27.7 Å². The molecule has 2 aliphatic rings. The second-order valence-electron chi connectivity index (χ2n) is 8.78. The first-order valence-corrected chi connectivity index (χ1v) is 12.4. The van der Waals surface area contributed by atoms with Crippen LogP contribution in [0, 0.1) is 45.3 Å². The van der Waals surface area contributed by atoms with E-state index in [9.17, 15) is 0 Å². The number of fused-ring (bicyclic) bond motifs is 7. The lowest BCUT2D eigenvalue weighted by atomic mass is 9.82. The summed E-state index contributed by atoms with van der Waals surface area (Å²) in [5.41, 5.74) is 3.47. The summed E-state index contributed by atoms with van der Waals surface area (Å²) in [7, 11) is 0.